The standard InChI is InChI=1S/C19H28ClN3O/c20-18-4-2-1-3-17(18)19(24)23-11-7-16(8-12-23)14-22-9-5-15(13-21)6-10-22/h1-4,15-16H,5-14,21H2. The van der Waals surface area contributed by atoms with Crippen molar-refractivity contribution in [3.05, 3.63) is 34.9 Å². The molecule has 2 aliphatic heterocycles. The lowest BCUT2D eigenvalue weighted by molar-refractivity contribution is 0.0653. The van der Waals surface area contributed by atoms with Crippen molar-refractivity contribution in [1.29, 1.82) is 0 Å². The van der Waals surface area contributed by atoms with Crippen LogP contribution in [0, 0.1) is 11.8 Å². The molecule has 0 unspecified atom stereocenters. The van der Waals surface area contributed by atoms with Gasteiger partial charge in [0.2, 0.25) is 0 Å². The third-order valence-corrected chi connectivity index (χ3v) is 5.89. The summed E-state index contributed by atoms with van der Waals surface area (Å²) in [7, 11) is 0. The lowest BCUT2D eigenvalue weighted by atomic mass is 9.92. The van der Waals surface area contributed by atoms with Crippen molar-refractivity contribution in [2.24, 2.45) is 17.6 Å². The molecule has 2 saturated heterocycles. The number of piperidine rings is 2. The number of benzene rings is 1. The Bertz CT molecular complexity index is 549. The van der Waals surface area contributed by atoms with E-state index in [-0.39, 0.29) is 5.91 Å². The molecule has 0 spiro atoms. The summed E-state index contributed by atoms with van der Waals surface area (Å²) in [4.78, 5) is 17.1. The number of nitrogens with zero attached hydrogens (tertiary/aromatic N) is 2. The van der Waals surface area contributed by atoms with E-state index in [0.29, 0.717) is 16.5 Å². The van der Waals surface area contributed by atoms with E-state index in [0.717, 1.165) is 38.4 Å². The van der Waals surface area contributed by atoms with Gasteiger partial charge in [-0.1, -0.05) is 23.7 Å². The molecule has 0 bridgehead atoms. The molecule has 0 atom stereocenters. The first kappa shape index (κ1) is 17.7. The zero-order valence-corrected chi connectivity index (χ0v) is 15.0. The maximum absolute atomic E-state index is 12.6. The Kier molecular flexibility index (Phi) is 6.14. The normalized spacial score (nSPS) is 21.2. The Morgan fingerprint density at radius 3 is 2.29 bits per heavy atom. The SMILES string of the molecule is NCC1CCN(CC2CCN(C(=O)c3ccccc3Cl)CC2)CC1. The lowest BCUT2D eigenvalue weighted by Crippen LogP contribution is -2.43. The molecular formula is C19H28ClN3O. The van der Waals surface area contributed by atoms with E-state index in [1.54, 1.807) is 6.07 Å². The number of halogens is 1. The summed E-state index contributed by atoms with van der Waals surface area (Å²) in [6.07, 6.45) is 4.65. The molecule has 4 nitrogen and oxygen atoms in total. The van der Waals surface area contributed by atoms with E-state index >= 15 is 0 Å². The molecule has 0 aromatic heterocycles. The van der Waals surface area contributed by atoms with E-state index < -0.39 is 0 Å². The molecular weight excluding hydrogens is 322 g/mol. The van der Waals surface area contributed by atoms with Gasteiger partial charge in [-0.2, -0.15) is 0 Å². The molecule has 24 heavy (non-hydrogen) atoms. The van der Waals surface area contributed by atoms with Gasteiger partial charge in [-0.3, -0.25) is 4.79 Å². The molecule has 0 saturated carbocycles. The highest BCUT2D eigenvalue weighted by molar-refractivity contribution is 6.33. The molecule has 2 aliphatic rings. The molecule has 2 fully saturated rings. The molecule has 132 valence electrons. The van der Waals surface area contributed by atoms with Gasteiger partial charge in [-0.05, 0) is 69.3 Å². The van der Waals surface area contributed by atoms with Gasteiger partial charge in [0.05, 0.1) is 10.6 Å². The highest BCUT2D eigenvalue weighted by Gasteiger charge is 2.27. The molecule has 1 aromatic rings. The largest absolute Gasteiger partial charge is 0.339 e. The van der Waals surface area contributed by atoms with Gasteiger partial charge in [-0.25, -0.2) is 0 Å². The first-order valence-electron chi connectivity index (χ1n) is 9.13. The summed E-state index contributed by atoms with van der Waals surface area (Å²) < 4.78 is 0. The molecule has 2 heterocycles. The molecule has 1 amide bonds. The Balaban J connectivity index is 1.46. The molecule has 0 radical (unpaired) electrons. The zero-order valence-electron chi connectivity index (χ0n) is 14.3. The quantitative estimate of drug-likeness (QED) is 0.909. The van der Waals surface area contributed by atoms with E-state index in [1.807, 2.05) is 23.1 Å². The van der Waals surface area contributed by atoms with Gasteiger partial charge in [0.25, 0.3) is 5.91 Å². The fourth-order valence-electron chi connectivity index (χ4n) is 3.89. The fourth-order valence-corrected chi connectivity index (χ4v) is 4.11. The summed E-state index contributed by atoms with van der Waals surface area (Å²) >= 11 is 6.16. The second-order valence-corrected chi connectivity index (χ2v) is 7.60. The molecule has 3 rings (SSSR count). The van der Waals surface area contributed by atoms with Crippen molar-refractivity contribution in [2.75, 3.05) is 39.3 Å². The minimum Gasteiger partial charge on any atom is -0.339 e. The van der Waals surface area contributed by atoms with Crippen molar-refractivity contribution in [3.8, 4) is 0 Å². The number of carbonyl (C=O) groups excluding carboxylic acids is 1. The van der Waals surface area contributed by atoms with Crippen molar-refractivity contribution < 1.29 is 4.79 Å². The molecule has 1 aromatic carbocycles. The van der Waals surface area contributed by atoms with Gasteiger partial charge < -0.3 is 15.5 Å². The highest BCUT2D eigenvalue weighted by Crippen LogP contribution is 2.24. The first-order valence-corrected chi connectivity index (χ1v) is 9.51. The van der Waals surface area contributed by atoms with Crippen molar-refractivity contribution in [3.63, 3.8) is 0 Å². The van der Waals surface area contributed by atoms with Gasteiger partial charge >= 0.3 is 0 Å². The Labute approximate surface area is 149 Å². The maximum atomic E-state index is 12.6. The number of hydrogen-bond donors (Lipinski definition) is 1. The van der Waals surface area contributed by atoms with Crippen LogP contribution in [-0.2, 0) is 0 Å². The van der Waals surface area contributed by atoms with Gasteiger partial charge in [0, 0.05) is 19.6 Å². The number of rotatable bonds is 4. The van der Waals surface area contributed by atoms with Crippen LogP contribution in [0.3, 0.4) is 0 Å². The maximum Gasteiger partial charge on any atom is 0.255 e. The number of amides is 1. The summed E-state index contributed by atoms with van der Waals surface area (Å²) in [5.74, 6) is 1.49. The smallest absolute Gasteiger partial charge is 0.255 e. The van der Waals surface area contributed by atoms with Crippen LogP contribution in [0.25, 0.3) is 0 Å². The second kappa shape index (κ2) is 8.32. The van der Waals surface area contributed by atoms with Crippen LogP contribution in [0.4, 0.5) is 0 Å². The second-order valence-electron chi connectivity index (χ2n) is 7.20. The summed E-state index contributed by atoms with van der Waals surface area (Å²) in [6.45, 7) is 6.05. The number of hydrogen-bond acceptors (Lipinski definition) is 3. The van der Waals surface area contributed by atoms with E-state index in [2.05, 4.69) is 4.90 Å². The average Bonchev–Trinajstić information content (AvgIpc) is 2.63. The van der Waals surface area contributed by atoms with E-state index in [4.69, 9.17) is 17.3 Å². The highest BCUT2D eigenvalue weighted by atomic mass is 35.5. The monoisotopic (exact) mass is 349 g/mol. The average molecular weight is 350 g/mol. The minimum atomic E-state index is 0.0720. The number of nitrogens with two attached hydrogens (primary N) is 1. The molecule has 0 aliphatic carbocycles. The Morgan fingerprint density at radius 1 is 1.04 bits per heavy atom. The van der Waals surface area contributed by atoms with Crippen LogP contribution in [0.5, 0.6) is 0 Å². The van der Waals surface area contributed by atoms with Crippen molar-refractivity contribution in [2.45, 2.75) is 25.7 Å². The van der Waals surface area contributed by atoms with Crippen LogP contribution in [0.15, 0.2) is 24.3 Å². The Morgan fingerprint density at radius 2 is 1.67 bits per heavy atom. The topological polar surface area (TPSA) is 49.6 Å². The van der Waals surface area contributed by atoms with Crippen LogP contribution in [-0.4, -0.2) is 55.0 Å². The molecule has 5 heteroatoms. The lowest BCUT2D eigenvalue weighted by Gasteiger charge is -2.37. The zero-order chi connectivity index (χ0) is 16.9. The molecule has 2 N–H and O–H groups in total. The van der Waals surface area contributed by atoms with Gasteiger partial charge in [0.15, 0.2) is 0 Å². The summed E-state index contributed by atoms with van der Waals surface area (Å²) in [5.41, 5.74) is 6.40. The van der Waals surface area contributed by atoms with Crippen LogP contribution < -0.4 is 5.73 Å². The van der Waals surface area contributed by atoms with Crippen LogP contribution in [0.1, 0.15) is 36.0 Å². The van der Waals surface area contributed by atoms with E-state index in [9.17, 15) is 4.79 Å². The number of carbonyl (C=O) groups is 1. The third kappa shape index (κ3) is 4.29. The van der Waals surface area contributed by atoms with Crippen LogP contribution >= 0.6 is 11.6 Å². The van der Waals surface area contributed by atoms with Crippen molar-refractivity contribution in [1.82, 2.24) is 9.80 Å². The van der Waals surface area contributed by atoms with Gasteiger partial charge in [-0.15, -0.1) is 0 Å². The predicted octanol–water partition coefficient (Wildman–Crippen LogP) is 2.86. The van der Waals surface area contributed by atoms with Crippen LogP contribution in [0.2, 0.25) is 5.02 Å². The Hall–Kier alpha value is -1.10. The number of likely N-dealkylation sites (tertiary alicyclic amines) is 2. The first-order chi connectivity index (χ1) is 11.7. The minimum absolute atomic E-state index is 0.0720. The van der Waals surface area contributed by atoms with Crippen molar-refractivity contribution >= 4 is 17.5 Å². The van der Waals surface area contributed by atoms with E-state index in [1.165, 1.54) is 32.5 Å². The summed E-state index contributed by atoms with van der Waals surface area (Å²) in [6, 6.07) is 7.33. The predicted molar refractivity (Wildman–Crippen MR) is 98.3 cm³/mol. The summed E-state index contributed by atoms with van der Waals surface area (Å²) in [5, 5.41) is 0.549. The third-order valence-electron chi connectivity index (χ3n) is 5.56. The fraction of sp³-hybridized carbons (Fsp3) is 0.632. The van der Waals surface area contributed by atoms with Gasteiger partial charge in [0.1, 0.15) is 0 Å².